The molecule has 2 fully saturated rings. The third kappa shape index (κ3) is 4.06. The third-order valence-corrected chi connectivity index (χ3v) is 6.55. The summed E-state index contributed by atoms with van der Waals surface area (Å²) in [6, 6.07) is 0.522. The molecule has 2 unspecified atom stereocenters. The molecule has 2 saturated carbocycles. The van der Waals surface area contributed by atoms with Gasteiger partial charge in [0.2, 0.25) is 0 Å². The zero-order chi connectivity index (χ0) is 12.8. The van der Waals surface area contributed by atoms with Gasteiger partial charge in [-0.15, -0.1) is 0 Å². The Labute approximate surface area is 115 Å². The maximum Gasteiger partial charge on any atom is 0.0394 e. The minimum absolute atomic E-state index is 0.511. The van der Waals surface area contributed by atoms with Gasteiger partial charge in [0.1, 0.15) is 0 Å². The Morgan fingerprint density at radius 2 is 1.72 bits per heavy atom. The zero-order valence-corrected chi connectivity index (χ0v) is 12.6. The summed E-state index contributed by atoms with van der Waals surface area (Å²) in [5.74, 6) is 1.71. The van der Waals surface area contributed by atoms with Gasteiger partial charge in [-0.05, 0) is 44.6 Å². The van der Waals surface area contributed by atoms with Crippen LogP contribution in [0.25, 0.3) is 0 Å². The summed E-state index contributed by atoms with van der Waals surface area (Å²) >= 11 is 0. The number of rotatable bonds is 7. The normalized spacial score (nSPS) is 25.6. The molecule has 2 rings (SSSR count). The monoisotopic (exact) mass is 271 g/mol. The Morgan fingerprint density at radius 3 is 2.33 bits per heavy atom. The van der Waals surface area contributed by atoms with E-state index in [1.165, 1.54) is 57.8 Å². The van der Waals surface area contributed by atoms with E-state index in [-0.39, 0.29) is 0 Å². The van der Waals surface area contributed by atoms with Crippen molar-refractivity contribution in [1.29, 1.82) is 0 Å². The molecule has 3 heteroatoms. The Kier molecular flexibility index (Phi) is 6.16. The Morgan fingerprint density at radius 1 is 1.11 bits per heavy atom. The first-order chi connectivity index (χ1) is 8.81. The molecular weight excluding hydrogens is 242 g/mol. The van der Waals surface area contributed by atoms with E-state index in [2.05, 4.69) is 12.2 Å². The summed E-state index contributed by atoms with van der Waals surface area (Å²) in [6.45, 7) is 3.30. The molecule has 0 amide bonds. The topological polar surface area (TPSA) is 29.1 Å². The van der Waals surface area contributed by atoms with Gasteiger partial charge in [-0.3, -0.25) is 4.21 Å². The fourth-order valence-corrected chi connectivity index (χ4v) is 5.39. The first-order valence-corrected chi connectivity index (χ1v) is 9.30. The third-order valence-electron chi connectivity index (χ3n) is 4.64. The average molecular weight is 271 g/mol. The van der Waals surface area contributed by atoms with Crippen LogP contribution in [0, 0.1) is 5.92 Å². The van der Waals surface area contributed by atoms with Crippen LogP contribution in [-0.4, -0.2) is 27.8 Å². The van der Waals surface area contributed by atoms with Crippen LogP contribution in [0.2, 0.25) is 0 Å². The van der Waals surface area contributed by atoms with E-state index < -0.39 is 10.8 Å². The lowest BCUT2D eigenvalue weighted by Crippen LogP contribution is -2.41. The van der Waals surface area contributed by atoms with Gasteiger partial charge in [0.15, 0.2) is 0 Å². The standard InChI is InChI=1S/C15H29NOS/c1-2-11-16-15(13-7-3-4-8-13)12-18(17)14-9-5-6-10-14/h13-16H,2-12H2,1H3. The van der Waals surface area contributed by atoms with E-state index in [0.717, 1.165) is 18.2 Å². The quantitative estimate of drug-likeness (QED) is 0.770. The van der Waals surface area contributed by atoms with Gasteiger partial charge in [-0.25, -0.2) is 0 Å². The molecule has 2 atom stereocenters. The van der Waals surface area contributed by atoms with Crippen LogP contribution < -0.4 is 5.32 Å². The predicted octanol–water partition coefficient (Wildman–Crippen LogP) is 3.24. The molecule has 0 radical (unpaired) electrons. The van der Waals surface area contributed by atoms with E-state index in [0.29, 0.717) is 11.3 Å². The van der Waals surface area contributed by atoms with Crippen molar-refractivity contribution >= 4 is 10.8 Å². The molecule has 0 aromatic rings. The molecule has 0 aromatic carbocycles. The molecule has 0 aliphatic heterocycles. The highest BCUT2D eigenvalue weighted by Crippen LogP contribution is 2.30. The van der Waals surface area contributed by atoms with E-state index in [9.17, 15) is 4.21 Å². The molecule has 0 spiro atoms. The van der Waals surface area contributed by atoms with Crippen LogP contribution in [0.4, 0.5) is 0 Å². The lowest BCUT2D eigenvalue weighted by atomic mass is 10.00. The second kappa shape index (κ2) is 7.64. The molecule has 2 aliphatic rings. The second-order valence-electron chi connectivity index (χ2n) is 6.06. The lowest BCUT2D eigenvalue weighted by molar-refractivity contribution is 0.385. The summed E-state index contributed by atoms with van der Waals surface area (Å²) < 4.78 is 12.4. The molecule has 2 nitrogen and oxygen atoms in total. The van der Waals surface area contributed by atoms with Crippen molar-refractivity contribution in [2.24, 2.45) is 5.92 Å². The van der Waals surface area contributed by atoms with Crippen molar-refractivity contribution < 1.29 is 4.21 Å². The lowest BCUT2D eigenvalue weighted by Gasteiger charge is -2.25. The molecule has 18 heavy (non-hydrogen) atoms. The molecule has 0 bridgehead atoms. The molecular formula is C15H29NOS. The van der Waals surface area contributed by atoms with E-state index in [1.807, 2.05) is 0 Å². The minimum atomic E-state index is -0.587. The van der Waals surface area contributed by atoms with Gasteiger partial charge >= 0.3 is 0 Å². The van der Waals surface area contributed by atoms with Crippen molar-refractivity contribution in [2.45, 2.75) is 76.0 Å². The van der Waals surface area contributed by atoms with Crippen molar-refractivity contribution in [3.8, 4) is 0 Å². The largest absolute Gasteiger partial charge is 0.313 e. The van der Waals surface area contributed by atoms with Crippen molar-refractivity contribution in [3.63, 3.8) is 0 Å². The van der Waals surface area contributed by atoms with Crippen molar-refractivity contribution in [1.82, 2.24) is 5.32 Å². The first-order valence-electron chi connectivity index (χ1n) is 7.91. The molecule has 0 saturated heterocycles. The first kappa shape index (κ1) is 14.5. The molecule has 0 aromatic heterocycles. The zero-order valence-electron chi connectivity index (χ0n) is 11.8. The van der Waals surface area contributed by atoms with Gasteiger partial charge in [0.05, 0.1) is 0 Å². The Bertz CT molecular complexity index is 257. The van der Waals surface area contributed by atoms with Crippen LogP contribution in [0.1, 0.15) is 64.7 Å². The van der Waals surface area contributed by atoms with E-state index in [1.54, 1.807) is 0 Å². The second-order valence-corrected chi connectivity index (χ2v) is 7.82. The van der Waals surface area contributed by atoms with Gasteiger partial charge in [0, 0.05) is 27.8 Å². The smallest absolute Gasteiger partial charge is 0.0394 e. The van der Waals surface area contributed by atoms with Crippen LogP contribution in [0.3, 0.4) is 0 Å². The van der Waals surface area contributed by atoms with Crippen LogP contribution >= 0.6 is 0 Å². The summed E-state index contributed by atoms with van der Waals surface area (Å²) in [6.07, 6.45) is 11.6. The summed E-state index contributed by atoms with van der Waals surface area (Å²) in [5.41, 5.74) is 0. The number of hydrogen-bond acceptors (Lipinski definition) is 2. The average Bonchev–Trinajstić information content (AvgIpc) is 3.04. The summed E-state index contributed by atoms with van der Waals surface area (Å²) in [5, 5.41) is 4.18. The minimum Gasteiger partial charge on any atom is -0.313 e. The fraction of sp³-hybridized carbons (Fsp3) is 1.00. The number of hydrogen-bond donors (Lipinski definition) is 1. The van der Waals surface area contributed by atoms with Gasteiger partial charge in [-0.2, -0.15) is 0 Å². The maximum absolute atomic E-state index is 12.4. The summed E-state index contributed by atoms with van der Waals surface area (Å²) in [7, 11) is -0.587. The van der Waals surface area contributed by atoms with E-state index >= 15 is 0 Å². The highest BCUT2D eigenvalue weighted by molar-refractivity contribution is 7.85. The SMILES string of the molecule is CCCNC(CS(=O)C1CCCC1)C1CCCC1. The van der Waals surface area contributed by atoms with Crippen LogP contribution in [0.5, 0.6) is 0 Å². The highest BCUT2D eigenvalue weighted by atomic mass is 32.2. The van der Waals surface area contributed by atoms with Crippen LogP contribution in [0.15, 0.2) is 0 Å². The van der Waals surface area contributed by atoms with E-state index in [4.69, 9.17) is 0 Å². The molecule has 0 heterocycles. The Balaban J connectivity index is 1.84. The predicted molar refractivity (Wildman–Crippen MR) is 79.3 cm³/mol. The van der Waals surface area contributed by atoms with Gasteiger partial charge < -0.3 is 5.32 Å². The summed E-state index contributed by atoms with van der Waals surface area (Å²) in [4.78, 5) is 0. The van der Waals surface area contributed by atoms with Gasteiger partial charge in [0.25, 0.3) is 0 Å². The van der Waals surface area contributed by atoms with Gasteiger partial charge in [-0.1, -0.05) is 32.6 Å². The van der Waals surface area contributed by atoms with Crippen molar-refractivity contribution in [2.75, 3.05) is 12.3 Å². The highest BCUT2D eigenvalue weighted by Gasteiger charge is 2.29. The molecule has 106 valence electrons. The van der Waals surface area contributed by atoms with Crippen LogP contribution in [-0.2, 0) is 10.8 Å². The fourth-order valence-electron chi connectivity index (χ4n) is 3.52. The maximum atomic E-state index is 12.4. The number of nitrogens with one attached hydrogen (secondary N) is 1. The van der Waals surface area contributed by atoms with Crippen molar-refractivity contribution in [3.05, 3.63) is 0 Å². The molecule has 2 aliphatic carbocycles. The molecule has 1 N–H and O–H groups in total. The Hall–Kier alpha value is 0.110.